The molecule has 6 heteroatoms. The summed E-state index contributed by atoms with van der Waals surface area (Å²) in [5, 5.41) is 12.9. The van der Waals surface area contributed by atoms with Gasteiger partial charge in [0, 0.05) is 61.5 Å². The molecule has 1 saturated heterocycles. The molecule has 0 spiro atoms. The van der Waals surface area contributed by atoms with Gasteiger partial charge in [-0.05, 0) is 17.7 Å². The second-order valence-electron chi connectivity index (χ2n) is 8.00. The molecule has 4 rings (SSSR count). The first-order chi connectivity index (χ1) is 15.7. The van der Waals surface area contributed by atoms with Crippen LogP contribution in [0.3, 0.4) is 0 Å². The van der Waals surface area contributed by atoms with Gasteiger partial charge >= 0.3 is 0 Å². The lowest BCUT2D eigenvalue weighted by Gasteiger charge is -2.33. The van der Waals surface area contributed by atoms with Crippen LogP contribution in [0.4, 0.5) is 0 Å². The predicted molar refractivity (Wildman–Crippen MR) is 126 cm³/mol. The van der Waals surface area contributed by atoms with Gasteiger partial charge in [0.1, 0.15) is 0 Å². The monoisotopic (exact) mass is 428 g/mol. The van der Waals surface area contributed by atoms with Crippen LogP contribution in [-0.2, 0) is 22.6 Å². The Morgan fingerprint density at radius 3 is 2.84 bits per heavy atom. The number of fused-ring (bicyclic) bond motifs is 1. The minimum absolute atomic E-state index is 0.0160. The lowest BCUT2D eigenvalue weighted by molar-refractivity contribution is -0.117. The molecule has 0 radical (unpaired) electrons. The van der Waals surface area contributed by atoms with E-state index in [-0.39, 0.29) is 12.0 Å². The van der Waals surface area contributed by atoms with Gasteiger partial charge in [0.2, 0.25) is 5.91 Å². The van der Waals surface area contributed by atoms with E-state index in [0.29, 0.717) is 26.1 Å². The van der Waals surface area contributed by atoms with Crippen LogP contribution >= 0.6 is 0 Å². The molecule has 164 valence electrons. The van der Waals surface area contributed by atoms with Crippen molar-refractivity contribution in [1.29, 1.82) is 5.26 Å². The highest BCUT2D eigenvalue weighted by molar-refractivity contribution is 5.96. The Morgan fingerprint density at radius 1 is 1.19 bits per heavy atom. The topological polar surface area (TPSA) is 70.3 Å². The molecule has 3 aromatic rings. The van der Waals surface area contributed by atoms with Crippen molar-refractivity contribution in [2.24, 2.45) is 0 Å². The number of carbonyl (C=O) groups is 1. The minimum Gasteiger partial charge on any atom is -0.374 e. The van der Waals surface area contributed by atoms with Gasteiger partial charge in [-0.25, -0.2) is 0 Å². The molecule has 1 N–H and O–H groups in total. The highest BCUT2D eigenvalue weighted by Crippen LogP contribution is 2.22. The van der Waals surface area contributed by atoms with E-state index in [4.69, 9.17) is 10.00 Å². The van der Waals surface area contributed by atoms with Crippen LogP contribution in [0.25, 0.3) is 17.0 Å². The average molecular weight is 429 g/mol. The molecule has 1 fully saturated rings. The standard InChI is InChI=1S/C26H28N4O2/c27-13-6-14-30-19-22(24-9-4-5-10-25(24)30)11-12-26(31)28-17-23-20-29(15-16-32-23)18-21-7-2-1-3-8-21/h1-5,7-12,19,23H,6,14-18,20H2,(H,28,31)/b12-11+. The van der Waals surface area contributed by atoms with E-state index in [1.807, 2.05) is 42.6 Å². The Bertz CT molecular complexity index is 1110. The van der Waals surface area contributed by atoms with E-state index < -0.39 is 0 Å². The second-order valence-corrected chi connectivity index (χ2v) is 8.00. The molecular formula is C26H28N4O2. The fourth-order valence-corrected chi connectivity index (χ4v) is 4.09. The van der Waals surface area contributed by atoms with Gasteiger partial charge in [-0.2, -0.15) is 5.26 Å². The molecule has 1 atom stereocenters. The van der Waals surface area contributed by atoms with Crippen molar-refractivity contribution >= 4 is 22.9 Å². The van der Waals surface area contributed by atoms with E-state index in [1.54, 1.807) is 6.08 Å². The molecule has 0 saturated carbocycles. The summed E-state index contributed by atoms with van der Waals surface area (Å²) in [5.41, 5.74) is 3.32. The van der Waals surface area contributed by atoms with Crippen LogP contribution in [0.2, 0.25) is 0 Å². The number of hydrogen-bond donors (Lipinski definition) is 1. The van der Waals surface area contributed by atoms with Gasteiger partial charge in [-0.15, -0.1) is 0 Å². The zero-order valence-corrected chi connectivity index (χ0v) is 18.1. The van der Waals surface area contributed by atoms with Crippen molar-refractivity contribution in [3.8, 4) is 6.07 Å². The van der Waals surface area contributed by atoms with Crippen molar-refractivity contribution in [2.45, 2.75) is 25.6 Å². The van der Waals surface area contributed by atoms with Gasteiger partial charge in [0.15, 0.2) is 0 Å². The van der Waals surface area contributed by atoms with Crippen LogP contribution in [-0.4, -0.2) is 47.7 Å². The van der Waals surface area contributed by atoms with Gasteiger partial charge in [0.05, 0.1) is 25.2 Å². The van der Waals surface area contributed by atoms with Crippen LogP contribution in [0, 0.1) is 11.3 Å². The molecular weight excluding hydrogens is 400 g/mol. The Balaban J connectivity index is 1.31. The molecule has 1 aliphatic rings. The lowest BCUT2D eigenvalue weighted by atomic mass is 10.1. The molecule has 1 aliphatic heterocycles. The SMILES string of the molecule is N#CCCn1cc(/C=C/C(=O)NCC2CN(Cc3ccccc3)CCO2)c2ccccc21. The van der Waals surface area contributed by atoms with E-state index in [0.717, 1.165) is 36.1 Å². The average Bonchev–Trinajstić information content (AvgIpc) is 3.19. The quantitative estimate of drug-likeness (QED) is 0.557. The summed E-state index contributed by atoms with van der Waals surface area (Å²) in [6.45, 7) is 4.38. The normalized spacial score (nSPS) is 16.9. The zero-order valence-electron chi connectivity index (χ0n) is 18.1. The number of rotatable bonds is 8. The Hall–Kier alpha value is -3.40. The molecule has 1 amide bonds. The van der Waals surface area contributed by atoms with Crippen LogP contribution in [0.15, 0.2) is 66.9 Å². The molecule has 32 heavy (non-hydrogen) atoms. The predicted octanol–water partition coefficient (Wildman–Crippen LogP) is 3.59. The number of aromatic nitrogens is 1. The van der Waals surface area contributed by atoms with Gasteiger partial charge < -0.3 is 14.6 Å². The number of carbonyl (C=O) groups excluding carboxylic acids is 1. The third-order valence-electron chi connectivity index (χ3n) is 5.67. The second kappa shape index (κ2) is 10.8. The van der Waals surface area contributed by atoms with E-state index in [9.17, 15) is 4.79 Å². The van der Waals surface area contributed by atoms with Crippen LogP contribution < -0.4 is 5.32 Å². The minimum atomic E-state index is -0.136. The van der Waals surface area contributed by atoms with Gasteiger partial charge in [0.25, 0.3) is 0 Å². The number of morpholine rings is 1. The smallest absolute Gasteiger partial charge is 0.244 e. The van der Waals surface area contributed by atoms with E-state index in [1.165, 1.54) is 5.56 Å². The summed E-state index contributed by atoms with van der Waals surface area (Å²) in [6, 6.07) is 20.6. The maximum absolute atomic E-state index is 12.4. The molecule has 0 bridgehead atoms. The highest BCUT2D eigenvalue weighted by Gasteiger charge is 2.20. The van der Waals surface area contributed by atoms with Crippen molar-refractivity contribution in [2.75, 3.05) is 26.2 Å². The zero-order chi connectivity index (χ0) is 22.2. The third-order valence-corrected chi connectivity index (χ3v) is 5.67. The van der Waals surface area contributed by atoms with Gasteiger partial charge in [-0.3, -0.25) is 9.69 Å². The third kappa shape index (κ3) is 5.64. The number of hydrogen-bond acceptors (Lipinski definition) is 4. The molecule has 2 heterocycles. The molecule has 2 aromatic carbocycles. The summed E-state index contributed by atoms with van der Waals surface area (Å²) < 4.78 is 7.91. The van der Waals surface area contributed by atoms with Crippen molar-refractivity contribution < 1.29 is 9.53 Å². The first-order valence-corrected chi connectivity index (χ1v) is 11.0. The molecule has 1 unspecified atom stereocenters. The van der Waals surface area contributed by atoms with Crippen molar-refractivity contribution in [3.05, 3.63) is 78.0 Å². The van der Waals surface area contributed by atoms with Crippen LogP contribution in [0.1, 0.15) is 17.5 Å². The molecule has 0 aliphatic carbocycles. The van der Waals surface area contributed by atoms with E-state index in [2.05, 4.69) is 45.1 Å². The Labute approximate surface area is 188 Å². The maximum Gasteiger partial charge on any atom is 0.244 e. The number of aryl methyl sites for hydroxylation is 1. The van der Waals surface area contributed by atoms with Crippen LogP contribution in [0.5, 0.6) is 0 Å². The fourth-order valence-electron chi connectivity index (χ4n) is 4.09. The molecule has 6 nitrogen and oxygen atoms in total. The summed E-state index contributed by atoms with van der Waals surface area (Å²) in [6.07, 6.45) is 5.84. The summed E-state index contributed by atoms with van der Waals surface area (Å²) in [7, 11) is 0. The first kappa shape index (κ1) is 21.8. The van der Waals surface area contributed by atoms with Gasteiger partial charge in [-0.1, -0.05) is 48.5 Å². The summed E-state index contributed by atoms with van der Waals surface area (Å²) >= 11 is 0. The van der Waals surface area contributed by atoms with Crippen molar-refractivity contribution in [1.82, 2.24) is 14.8 Å². The number of benzene rings is 2. The highest BCUT2D eigenvalue weighted by atomic mass is 16.5. The number of nitrogens with one attached hydrogen (secondary N) is 1. The maximum atomic E-state index is 12.4. The summed E-state index contributed by atoms with van der Waals surface area (Å²) in [4.78, 5) is 14.8. The van der Waals surface area contributed by atoms with Crippen molar-refractivity contribution in [3.63, 3.8) is 0 Å². The fraction of sp³-hybridized carbons (Fsp3) is 0.308. The number of ether oxygens (including phenoxy) is 1. The number of nitriles is 1. The first-order valence-electron chi connectivity index (χ1n) is 11.0. The number of amides is 1. The largest absolute Gasteiger partial charge is 0.374 e. The number of para-hydroxylation sites is 1. The number of nitrogens with zero attached hydrogens (tertiary/aromatic N) is 3. The Morgan fingerprint density at radius 2 is 2.00 bits per heavy atom. The molecule has 1 aromatic heterocycles. The Kier molecular flexibility index (Phi) is 7.34. The summed E-state index contributed by atoms with van der Waals surface area (Å²) in [5.74, 6) is -0.136. The van der Waals surface area contributed by atoms with E-state index >= 15 is 0 Å². The lowest BCUT2D eigenvalue weighted by Crippen LogP contribution is -2.46.